The number of anilines is 1. The molecule has 1 heterocycles. The molecule has 27 heavy (non-hydrogen) atoms. The molecule has 0 aliphatic carbocycles. The molecule has 5 nitrogen and oxygen atoms in total. The van der Waals surface area contributed by atoms with E-state index in [-0.39, 0.29) is 6.04 Å². The monoisotopic (exact) mass is 382 g/mol. The fourth-order valence-electron chi connectivity index (χ4n) is 3.32. The van der Waals surface area contributed by atoms with Crippen LogP contribution >= 0.6 is 12.2 Å². The number of rotatable bonds is 4. The molecule has 1 aliphatic heterocycles. The van der Waals surface area contributed by atoms with Crippen LogP contribution < -0.4 is 15.0 Å². The Bertz CT molecular complexity index is 923. The van der Waals surface area contributed by atoms with Gasteiger partial charge < -0.3 is 14.8 Å². The van der Waals surface area contributed by atoms with Crippen molar-refractivity contribution >= 4 is 29.0 Å². The summed E-state index contributed by atoms with van der Waals surface area (Å²) in [6, 6.07) is 15.2. The lowest BCUT2D eigenvalue weighted by Gasteiger charge is -2.37. The second kappa shape index (κ2) is 7.80. The van der Waals surface area contributed by atoms with Gasteiger partial charge in [0.05, 0.1) is 31.5 Å². The SMILES string of the molecule is COC(=O)C1=C(C)N(c2ccccc2OC)C(=S)N[C@H]1c1cccc(C)c1. The van der Waals surface area contributed by atoms with E-state index in [0.717, 1.165) is 16.8 Å². The first-order valence-corrected chi connectivity index (χ1v) is 8.98. The van der Waals surface area contributed by atoms with Crippen molar-refractivity contribution in [3.8, 4) is 5.75 Å². The predicted octanol–water partition coefficient (Wildman–Crippen LogP) is 3.89. The Balaban J connectivity index is 2.18. The number of para-hydroxylation sites is 2. The van der Waals surface area contributed by atoms with Crippen LogP contribution in [0.4, 0.5) is 5.69 Å². The van der Waals surface area contributed by atoms with Gasteiger partial charge in [0.15, 0.2) is 5.11 Å². The molecule has 140 valence electrons. The van der Waals surface area contributed by atoms with Gasteiger partial charge in [-0.15, -0.1) is 0 Å². The number of allylic oxidation sites excluding steroid dienone is 1. The number of carbonyl (C=O) groups excluding carboxylic acids is 1. The Morgan fingerprint density at radius 2 is 1.85 bits per heavy atom. The van der Waals surface area contributed by atoms with Gasteiger partial charge in [0, 0.05) is 5.70 Å². The highest BCUT2D eigenvalue weighted by Gasteiger charge is 2.36. The Hall–Kier alpha value is -2.86. The van der Waals surface area contributed by atoms with E-state index in [4.69, 9.17) is 21.7 Å². The third-order valence-corrected chi connectivity index (χ3v) is 4.89. The molecule has 0 saturated heterocycles. The van der Waals surface area contributed by atoms with E-state index < -0.39 is 5.97 Å². The van der Waals surface area contributed by atoms with Crippen molar-refractivity contribution in [2.75, 3.05) is 19.1 Å². The number of thiocarbonyl (C=S) groups is 1. The molecule has 2 aromatic carbocycles. The van der Waals surface area contributed by atoms with Gasteiger partial charge in [0.2, 0.25) is 0 Å². The molecule has 0 unspecified atom stereocenters. The number of ether oxygens (including phenoxy) is 2. The van der Waals surface area contributed by atoms with Crippen molar-refractivity contribution in [2.24, 2.45) is 0 Å². The topological polar surface area (TPSA) is 50.8 Å². The largest absolute Gasteiger partial charge is 0.495 e. The van der Waals surface area contributed by atoms with Crippen molar-refractivity contribution in [2.45, 2.75) is 19.9 Å². The number of nitrogens with zero attached hydrogens (tertiary/aromatic N) is 1. The summed E-state index contributed by atoms with van der Waals surface area (Å²) < 4.78 is 10.6. The summed E-state index contributed by atoms with van der Waals surface area (Å²) in [6.07, 6.45) is 0. The maximum absolute atomic E-state index is 12.7. The van der Waals surface area contributed by atoms with Crippen LogP contribution in [0.15, 0.2) is 59.8 Å². The van der Waals surface area contributed by atoms with Crippen molar-refractivity contribution < 1.29 is 14.3 Å². The molecule has 0 aromatic heterocycles. The number of methoxy groups -OCH3 is 2. The second-order valence-corrected chi connectivity index (χ2v) is 6.68. The first kappa shape index (κ1) is 18.9. The number of nitrogens with one attached hydrogen (secondary N) is 1. The van der Waals surface area contributed by atoms with Gasteiger partial charge in [0.1, 0.15) is 5.75 Å². The lowest BCUT2D eigenvalue weighted by Crippen LogP contribution is -2.48. The van der Waals surface area contributed by atoms with Gasteiger partial charge in [-0.1, -0.05) is 42.0 Å². The van der Waals surface area contributed by atoms with E-state index in [2.05, 4.69) is 5.32 Å². The Morgan fingerprint density at radius 1 is 1.11 bits per heavy atom. The fraction of sp³-hybridized carbons (Fsp3) is 0.238. The highest BCUT2D eigenvalue weighted by Crippen LogP contribution is 2.37. The van der Waals surface area contributed by atoms with Gasteiger partial charge in [-0.3, -0.25) is 4.90 Å². The highest BCUT2D eigenvalue weighted by atomic mass is 32.1. The number of benzene rings is 2. The summed E-state index contributed by atoms with van der Waals surface area (Å²) in [4.78, 5) is 14.5. The van der Waals surface area contributed by atoms with Gasteiger partial charge in [-0.05, 0) is 43.8 Å². The number of carbonyl (C=O) groups is 1. The quantitative estimate of drug-likeness (QED) is 0.640. The molecule has 0 amide bonds. The molecule has 2 aromatic rings. The van der Waals surface area contributed by atoms with Gasteiger partial charge in [0.25, 0.3) is 0 Å². The van der Waals surface area contributed by atoms with Crippen LogP contribution in [-0.2, 0) is 9.53 Å². The lowest BCUT2D eigenvalue weighted by atomic mass is 9.94. The zero-order chi connectivity index (χ0) is 19.6. The standard InChI is InChI=1S/C21H22N2O3S/c1-13-8-7-9-15(12-13)19-18(20(24)26-4)14(2)23(21(27)22-19)16-10-5-6-11-17(16)25-3/h5-12,19H,1-4H3,(H,22,27)/t19-/m0/s1. The summed E-state index contributed by atoms with van der Waals surface area (Å²) in [5.41, 5.74) is 4.05. The van der Waals surface area contributed by atoms with Crippen LogP contribution in [0.1, 0.15) is 24.1 Å². The van der Waals surface area contributed by atoms with E-state index in [9.17, 15) is 4.79 Å². The average Bonchev–Trinajstić information content (AvgIpc) is 2.67. The van der Waals surface area contributed by atoms with Crippen LogP contribution in [0.3, 0.4) is 0 Å². The summed E-state index contributed by atoms with van der Waals surface area (Å²) in [5, 5.41) is 3.80. The zero-order valence-corrected chi connectivity index (χ0v) is 16.6. The maximum atomic E-state index is 12.7. The molecule has 0 spiro atoms. The van der Waals surface area contributed by atoms with Crippen LogP contribution in [0.25, 0.3) is 0 Å². The van der Waals surface area contributed by atoms with Crippen molar-refractivity contribution in [3.63, 3.8) is 0 Å². The van der Waals surface area contributed by atoms with E-state index in [1.807, 2.05) is 67.3 Å². The summed E-state index contributed by atoms with van der Waals surface area (Å²) in [6.45, 7) is 3.88. The molecule has 0 saturated carbocycles. The lowest BCUT2D eigenvalue weighted by molar-refractivity contribution is -0.136. The number of esters is 1. The molecule has 6 heteroatoms. The third kappa shape index (κ3) is 3.53. The molecule has 0 bridgehead atoms. The number of hydrogen-bond acceptors (Lipinski definition) is 4. The normalized spacial score (nSPS) is 16.8. The van der Waals surface area contributed by atoms with E-state index in [1.54, 1.807) is 7.11 Å². The van der Waals surface area contributed by atoms with Gasteiger partial charge in [-0.25, -0.2) is 4.79 Å². The number of aryl methyl sites for hydroxylation is 1. The molecule has 0 fully saturated rings. The Kier molecular flexibility index (Phi) is 5.46. The van der Waals surface area contributed by atoms with Crippen molar-refractivity contribution in [1.29, 1.82) is 0 Å². The first-order chi connectivity index (χ1) is 13.0. The van der Waals surface area contributed by atoms with Crippen LogP contribution in [0, 0.1) is 6.92 Å². The minimum Gasteiger partial charge on any atom is -0.495 e. The molecule has 3 rings (SSSR count). The van der Waals surface area contributed by atoms with Crippen molar-refractivity contribution in [3.05, 3.63) is 70.9 Å². The summed E-state index contributed by atoms with van der Waals surface area (Å²) in [7, 11) is 2.99. The van der Waals surface area contributed by atoms with Crippen LogP contribution in [0.2, 0.25) is 0 Å². The predicted molar refractivity (Wildman–Crippen MR) is 110 cm³/mol. The summed E-state index contributed by atoms with van der Waals surface area (Å²) >= 11 is 5.65. The van der Waals surface area contributed by atoms with Crippen LogP contribution in [-0.4, -0.2) is 25.3 Å². The second-order valence-electron chi connectivity index (χ2n) is 6.29. The molecule has 1 aliphatic rings. The molecular formula is C21H22N2O3S. The summed E-state index contributed by atoms with van der Waals surface area (Å²) in [5.74, 6) is 0.271. The van der Waals surface area contributed by atoms with E-state index >= 15 is 0 Å². The fourth-order valence-corrected chi connectivity index (χ4v) is 3.67. The number of hydrogen-bond donors (Lipinski definition) is 1. The van der Waals surface area contributed by atoms with Gasteiger partial charge >= 0.3 is 5.97 Å². The average molecular weight is 382 g/mol. The highest BCUT2D eigenvalue weighted by molar-refractivity contribution is 7.80. The van der Waals surface area contributed by atoms with Gasteiger partial charge in [-0.2, -0.15) is 0 Å². The van der Waals surface area contributed by atoms with E-state index in [0.29, 0.717) is 22.1 Å². The molecule has 1 atom stereocenters. The first-order valence-electron chi connectivity index (χ1n) is 8.57. The smallest absolute Gasteiger partial charge is 0.337 e. The molecular weight excluding hydrogens is 360 g/mol. The zero-order valence-electron chi connectivity index (χ0n) is 15.8. The Labute approximate surface area is 164 Å². The molecule has 1 N–H and O–H groups in total. The minimum absolute atomic E-state index is 0.379. The molecule has 0 radical (unpaired) electrons. The van der Waals surface area contributed by atoms with Crippen LogP contribution in [0.5, 0.6) is 5.75 Å². The third-order valence-electron chi connectivity index (χ3n) is 4.59. The minimum atomic E-state index is -0.395. The van der Waals surface area contributed by atoms with Crippen molar-refractivity contribution in [1.82, 2.24) is 5.32 Å². The van der Waals surface area contributed by atoms with E-state index in [1.165, 1.54) is 7.11 Å². The Morgan fingerprint density at radius 3 is 2.52 bits per heavy atom. The maximum Gasteiger partial charge on any atom is 0.337 e.